The highest BCUT2D eigenvalue weighted by Gasteiger charge is 2.35. The summed E-state index contributed by atoms with van der Waals surface area (Å²) in [5, 5.41) is 6.29. The topological polar surface area (TPSA) is 67.4 Å². The van der Waals surface area contributed by atoms with Crippen LogP contribution in [0.3, 0.4) is 0 Å². The van der Waals surface area contributed by atoms with Gasteiger partial charge in [0.25, 0.3) is 0 Å². The number of ether oxygens (including phenoxy) is 1. The van der Waals surface area contributed by atoms with Gasteiger partial charge in [-0.25, -0.2) is 0 Å². The van der Waals surface area contributed by atoms with Crippen molar-refractivity contribution in [1.29, 1.82) is 0 Å². The lowest BCUT2D eigenvalue weighted by molar-refractivity contribution is -0.127. The normalized spacial score (nSPS) is 27.4. The minimum atomic E-state index is -0.362. The highest BCUT2D eigenvalue weighted by atomic mass is 16.5. The highest BCUT2D eigenvalue weighted by molar-refractivity contribution is 5.78. The lowest BCUT2D eigenvalue weighted by atomic mass is 9.89. The molecule has 0 unspecified atom stereocenters. The van der Waals surface area contributed by atoms with Gasteiger partial charge in [0.1, 0.15) is 0 Å². The summed E-state index contributed by atoms with van der Waals surface area (Å²) in [6.07, 6.45) is 15.5. The molecule has 0 spiro atoms. The fourth-order valence-electron chi connectivity index (χ4n) is 4.00. The molecular formula is C20H30N2O3. The molecule has 138 valence electrons. The van der Waals surface area contributed by atoms with Gasteiger partial charge < -0.3 is 15.4 Å². The van der Waals surface area contributed by atoms with Crippen molar-refractivity contribution >= 4 is 11.8 Å². The summed E-state index contributed by atoms with van der Waals surface area (Å²) >= 11 is 0. The Balaban J connectivity index is 1.50. The first-order valence-electron chi connectivity index (χ1n) is 9.64. The molecule has 0 radical (unpaired) electrons. The second kappa shape index (κ2) is 8.65. The van der Waals surface area contributed by atoms with Crippen LogP contribution in [0.15, 0.2) is 24.3 Å². The Morgan fingerprint density at radius 1 is 0.960 bits per heavy atom. The van der Waals surface area contributed by atoms with Gasteiger partial charge in [0.15, 0.2) is 0 Å². The molecule has 0 aromatic carbocycles. The van der Waals surface area contributed by atoms with Gasteiger partial charge in [-0.3, -0.25) is 9.59 Å². The second-order valence-electron chi connectivity index (χ2n) is 7.66. The first-order valence-corrected chi connectivity index (χ1v) is 9.64. The van der Waals surface area contributed by atoms with E-state index < -0.39 is 0 Å². The zero-order valence-corrected chi connectivity index (χ0v) is 15.0. The molecule has 25 heavy (non-hydrogen) atoms. The SMILES string of the molecule is O=C(C[C@H]1C=CCC1)NCC1(NC(=O)C[C@@H]2C=CCC2)CCOCC1. The summed E-state index contributed by atoms with van der Waals surface area (Å²) < 4.78 is 5.47. The molecule has 5 nitrogen and oxygen atoms in total. The smallest absolute Gasteiger partial charge is 0.221 e. The van der Waals surface area contributed by atoms with Crippen LogP contribution in [0.5, 0.6) is 0 Å². The van der Waals surface area contributed by atoms with Gasteiger partial charge >= 0.3 is 0 Å². The molecule has 2 atom stereocenters. The molecule has 0 bridgehead atoms. The summed E-state index contributed by atoms with van der Waals surface area (Å²) in [5.41, 5.74) is -0.362. The van der Waals surface area contributed by atoms with E-state index in [9.17, 15) is 9.59 Å². The molecule has 1 fully saturated rings. The van der Waals surface area contributed by atoms with Crippen molar-refractivity contribution in [3.8, 4) is 0 Å². The second-order valence-corrected chi connectivity index (χ2v) is 7.66. The first kappa shape index (κ1) is 18.2. The molecule has 3 aliphatic rings. The van der Waals surface area contributed by atoms with Crippen molar-refractivity contribution in [2.24, 2.45) is 11.8 Å². The Hall–Kier alpha value is -1.62. The number of rotatable bonds is 7. The Kier molecular flexibility index (Phi) is 6.29. The standard InChI is InChI=1S/C20H30N2O3/c23-18(13-16-5-1-2-6-16)21-15-20(9-11-25-12-10-20)22-19(24)14-17-7-3-4-8-17/h1,3,5,7,16-17H,2,4,6,8-15H2,(H,21,23)(H,22,24)/t16-,17+/m0/s1. The molecule has 2 N–H and O–H groups in total. The number of nitrogens with one attached hydrogen (secondary N) is 2. The molecule has 5 heteroatoms. The molecule has 1 heterocycles. The molecular weight excluding hydrogens is 316 g/mol. The van der Waals surface area contributed by atoms with Crippen LogP contribution in [0.25, 0.3) is 0 Å². The Labute approximate surface area is 150 Å². The van der Waals surface area contributed by atoms with Gasteiger partial charge in [0.2, 0.25) is 11.8 Å². The number of hydrogen-bond donors (Lipinski definition) is 2. The van der Waals surface area contributed by atoms with E-state index in [4.69, 9.17) is 4.74 Å². The van der Waals surface area contributed by atoms with Crippen molar-refractivity contribution in [1.82, 2.24) is 10.6 Å². The molecule has 1 saturated heterocycles. The summed E-state index contributed by atoms with van der Waals surface area (Å²) in [6, 6.07) is 0. The Bertz CT molecular complexity index is 535. The van der Waals surface area contributed by atoms with E-state index in [0.717, 1.165) is 38.5 Å². The maximum atomic E-state index is 12.5. The largest absolute Gasteiger partial charge is 0.381 e. The van der Waals surface area contributed by atoms with Crippen LogP contribution in [0.2, 0.25) is 0 Å². The fraction of sp³-hybridized carbons (Fsp3) is 0.700. The van der Waals surface area contributed by atoms with Crippen LogP contribution in [-0.4, -0.2) is 37.1 Å². The zero-order chi connectivity index (χ0) is 17.5. The van der Waals surface area contributed by atoms with Gasteiger partial charge in [0, 0.05) is 32.6 Å². The van der Waals surface area contributed by atoms with Crippen LogP contribution >= 0.6 is 0 Å². The lowest BCUT2D eigenvalue weighted by Crippen LogP contribution is -2.58. The quantitative estimate of drug-likeness (QED) is 0.696. The molecule has 1 aliphatic heterocycles. The van der Waals surface area contributed by atoms with Gasteiger partial charge in [-0.15, -0.1) is 0 Å². The number of hydrogen-bond acceptors (Lipinski definition) is 3. The predicted octanol–water partition coefficient (Wildman–Crippen LogP) is 2.48. The van der Waals surface area contributed by atoms with Crippen LogP contribution in [0.1, 0.15) is 51.4 Å². The minimum Gasteiger partial charge on any atom is -0.381 e. The monoisotopic (exact) mass is 346 g/mol. The third kappa shape index (κ3) is 5.43. The van der Waals surface area contributed by atoms with Gasteiger partial charge in [0.05, 0.1) is 5.54 Å². The molecule has 0 aromatic heterocycles. The van der Waals surface area contributed by atoms with Crippen molar-refractivity contribution < 1.29 is 14.3 Å². The molecule has 0 saturated carbocycles. The average Bonchev–Trinajstić information content (AvgIpc) is 3.28. The van der Waals surface area contributed by atoms with E-state index in [1.54, 1.807) is 0 Å². The lowest BCUT2D eigenvalue weighted by Gasteiger charge is -2.38. The minimum absolute atomic E-state index is 0.0791. The molecule has 2 amide bonds. The van der Waals surface area contributed by atoms with Crippen LogP contribution < -0.4 is 10.6 Å². The summed E-state index contributed by atoms with van der Waals surface area (Å²) in [5.74, 6) is 0.900. The van der Waals surface area contributed by atoms with Crippen molar-refractivity contribution in [2.45, 2.75) is 56.9 Å². The maximum Gasteiger partial charge on any atom is 0.221 e. The summed E-state index contributed by atoms with van der Waals surface area (Å²) in [4.78, 5) is 24.7. The maximum absolute atomic E-state index is 12.5. The fourth-order valence-corrected chi connectivity index (χ4v) is 4.00. The van der Waals surface area contributed by atoms with Gasteiger partial charge in [-0.2, -0.15) is 0 Å². The Morgan fingerprint density at radius 3 is 2.12 bits per heavy atom. The van der Waals surface area contributed by atoms with E-state index in [0.29, 0.717) is 44.4 Å². The third-order valence-corrected chi connectivity index (χ3v) is 5.60. The Morgan fingerprint density at radius 2 is 1.56 bits per heavy atom. The van der Waals surface area contributed by atoms with E-state index in [1.165, 1.54) is 0 Å². The average molecular weight is 346 g/mol. The summed E-state index contributed by atoms with van der Waals surface area (Å²) in [6.45, 7) is 1.76. The van der Waals surface area contributed by atoms with Crippen LogP contribution in [0.4, 0.5) is 0 Å². The van der Waals surface area contributed by atoms with E-state index >= 15 is 0 Å². The van der Waals surface area contributed by atoms with Crippen molar-refractivity contribution in [3.05, 3.63) is 24.3 Å². The first-order chi connectivity index (χ1) is 12.2. The zero-order valence-electron chi connectivity index (χ0n) is 15.0. The van der Waals surface area contributed by atoms with E-state index in [-0.39, 0.29) is 17.4 Å². The number of allylic oxidation sites excluding steroid dienone is 4. The van der Waals surface area contributed by atoms with Crippen LogP contribution in [-0.2, 0) is 14.3 Å². The van der Waals surface area contributed by atoms with Gasteiger partial charge in [-0.1, -0.05) is 24.3 Å². The molecule has 2 aliphatic carbocycles. The van der Waals surface area contributed by atoms with Crippen molar-refractivity contribution in [2.75, 3.05) is 19.8 Å². The van der Waals surface area contributed by atoms with E-state index in [1.807, 2.05) is 0 Å². The van der Waals surface area contributed by atoms with E-state index in [2.05, 4.69) is 34.9 Å². The van der Waals surface area contributed by atoms with Crippen molar-refractivity contribution in [3.63, 3.8) is 0 Å². The van der Waals surface area contributed by atoms with Crippen LogP contribution in [0, 0.1) is 11.8 Å². The van der Waals surface area contributed by atoms with Gasteiger partial charge in [-0.05, 0) is 50.4 Å². The number of carbonyl (C=O) groups is 2. The molecule has 0 aromatic rings. The number of carbonyl (C=O) groups excluding carboxylic acids is 2. The third-order valence-electron chi connectivity index (χ3n) is 5.60. The highest BCUT2D eigenvalue weighted by Crippen LogP contribution is 2.24. The molecule has 3 rings (SSSR count). The number of amides is 2. The summed E-state index contributed by atoms with van der Waals surface area (Å²) in [7, 11) is 0. The predicted molar refractivity (Wildman–Crippen MR) is 96.9 cm³/mol.